The SMILES string of the molecule is C1CCC(C23CC4CC(CC(C4)C2)C3)CNC1. The largest absolute Gasteiger partial charge is 0.316 e. The minimum Gasteiger partial charge on any atom is -0.316 e. The quantitative estimate of drug-likeness (QED) is 0.730. The third kappa shape index (κ3) is 1.77. The zero-order valence-corrected chi connectivity index (χ0v) is 11.1. The molecule has 1 N–H and O–H groups in total. The molecule has 1 unspecified atom stereocenters. The van der Waals surface area contributed by atoms with Gasteiger partial charge in [-0.25, -0.2) is 0 Å². The maximum Gasteiger partial charge on any atom is -0.00152 e. The summed E-state index contributed by atoms with van der Waals surface area (Å²) in [5.41, 5.74) is 0.798. The summed E-state index contributed by atoms with van der Waals surface area (Å²) in [6.45, 7) is 2.62. The Labute approximate surface area is 106 Å². The molecular weight excluding hydrogens is 206 g/mol. The van der Waals surface area contributed by atoms with Crippen LogP contribution < -0.4 is 5.32 Å². The van der Waals surface area contributed by atoms with Gasteiger partial charge in [0.2, 0.25) is 0 Å². The van der Waals surface area contributed by atoms with Crippen LogP contribution in [0.25, 0.3) is 0 Å². The lowest BCUT2D eigenvalue weighted by molar-refractivity contribution is -0.0876. The van der Waals surface area contributed by atoms with Gasteiger partial charge in [-0.2, -0.15) is 0 Å². The standard InChI is InChI=1S/C16H27N/c1-2-4-17-11-15(3-1)16-8-12-5-13(9-16)7-14(6-12)10-16/h12-15,17H,1-11H2. The lowest BCUT2D eigenvalue weighted by atomic mass is 9.46. The van der Waals surface area contributed by atoms with Crippen molar-refractivity contribution in [2.45, 2.75) is 57.8 Å². The number of rotatable bonds is 1. The summed E-state index contributed by atoms with van der Waals surface area (Å²) in [4.78, 5) is 0. The molecule has 0 radical (unpaired) electrons. The molecule has 96 valence electrons. The van der Waals surface area contributed by atoms with Gasteiger partial charge in [-0.05, 0) is 93.5 Å². The van der Waals surface area contributed by atoms with E-state index in [1.54, 1.807) is 38.5 Å². The van der Waals surface area contributed by atoms with E-state index in [9.17, 15) is 0 Å². The van der Waals surface area contributed by atoms with Crippen molar-refractivity contribution in [3.8, 4) is 0 Å². The van der Waals surface area contributed by atoms with Crippen LogP contribution in [0.3, 0.4) is 0 Å². The van der Waals surface area contributed by atoms with Crippen molar-refractivity contribution in [3.05, 3.63) is 0 Å². The Bertz CT molecular complexity index is 253. The Morgan fingerprint density at radius 3 is 2.12 bits per heavy atom. The van der Waals surface area contributed by atoms with E-state index in [1.165, 1.54) is 32.4 Å². The van der Waals surface area contributed by atoms with Gasteiger partial charge in [0.25, 0.3) is 0 Å². The Morgan fingerprint density at radius 2 is 1.47 bits per heavy atom. The highest BCUT2D eigenvalue weighted by molar-refractivity contribution is 5.04. The van der Waals surface area contributed by atoms with Crippen LogP contribution in [0.15, 0.2) is 0 Å². The summed E-state index contributed by atoms with van der Waals surface area (Å²) in [7, 11) is 0. The molecule has 0 spiro atoms. The van der Waals surface area contributed by atoms with Crippen molar-refractivity contribution in [3.63, 3.8) is 0 Å². The van der Waals surface area contributed by atoms with Crippen molar-refractivity contribution >= 4 is 0 Å². The lowest BCUT2D eigenvalue weighted by Crippen LogP contribution is -2.51. The number of hydrogen-bond acceptors (Lipinski definition) is 1. The fraction of sp³-hybridized carbons (Fsp3) is 1.00. The monoisotopic (exact) mass is 233 g/mol. The second kappa shape index (κ2) is 3.98. The minimum absolute atomic E-state index is 0.798. The maximum absolute atomic E-state index is 3.72. The fourth-order valence-corrected chi connectivity index (χ4v) is 6.22. The number of hydrogen-bond donors (Lipinski definition) is 1. The van der Waals surface area contributed by atoms with Crippen molar-refractivity contribution in [2.24, 2.45) is 29.1 Å². The normalized spacial score (nSPS) is 53.6. The van der Waals surface area contributed by atoms with Gasteiger partial charge >= 0.3 is 0 Å². The summed E-state index contributed by atoms with van der Waals surface area (Å²) in [6.07, 6.45) is 14.0. The van der Waals surface area contributed by atoms with Crippen molar-refractivity contribution in [1.29, 1.82) is 0 Å². The van der Waals surface area contributed by atoms with Crippen LogP contribution in [0.1, 0.15) is 57.8 Å². The molecule has 1 heterocycles. The van der Waals surface area contributed by atoms with Gasteiger partial charge in [0, 0.05) is 0 Å². The molecule has 5 fully saturated rings. The Kier molecular flexibility index (Phi) is 2.54. The molecule has 17 heavy (non-hydrogen) atoms. The molecule has 1 nitrogen and oxygen atoms in total. The van der Waals surface area contributed by atoms with Crippen LogP contribution in [-0.4, -0.2) is 13.1 Å². The summed E-state index contributed by atoms with van der Waals surface area (Å²) >= 11 is 0. The average Bonchev–Trinajstić information content (AvgIpc) is 2.55. The molecule has 1 saturated heterocycles. The zero-order valence-electron chi connectivity index (χ0n) is 11.1. The minimum atomic E-state index is 0.798. The Hall–Kier alpha value is -0.0400. The second-order valence-corrected chi connectivity index (χ2v) is 7.68. The third-order valence-corrected chi connectivity index (χ3v) is 6.50. The number of nitrogens with one attached hydrogen (secondary N) is 1. The van der Waals surface area contributed by atoms with Crippen LogP contribution in [0.2, 0.25) is 0 Å². The highest BCUT2D eigenvalue weighted by Gasteiger charge is 2.53. The summed E-state index contributed by atoms with van der Waals surface area (Å²) in [6, 6.07) is 0. The van der Waals surface area contributed by atoms with E-state index in [-0.39, 0.29) is 0 Å². The Balaban J connectivity index is 1.58. The molecule has 5 aliphatic rings. The molecule has 4 aliphatic carbocycles. The van der Waals surface area contributed by atoms with E-state index in [1.807, 2.05) is 0 Å². The fourth-order valence-electron chi connectivity index (χ4n) is 6.22. The average molecular weight is 233 g/mol. The highest BCUT2D eigenvalue weighted by Crippen LogP contribution is 2.63. The van der Waals surface area contributed by atoms with E-state index in [4.69, 9.17) is 0 Å². The molecule has 0 amide bonds. The third-order valence-electron chi connectivity index (χ3n) is 6.50. The summed E-state index contributed by atoms with van der Waals surface area (Å²) < 4.78 is 0. The van der Waals surface area contributed by atoms with E-state index in [0.29, 0.717) is 0 Å². The second-order valence-electron chi connectivity index (χ2n) is 7.68. The van der Waals surface area contributed by atoms with Gasteiger partial charge in [0.05, 0.1) is 0 Å². The molecule has 1 aliphatic heterocycles. The van der Waals surface area contributed by atoms with E-state index < -0.39 is 0 Å². The molecule has 4 saturated carbocycles. The van der Waals surface area contributed by atoms with E-state index in [2.05, 4.69) is 5.32 Å². The first-order valence-electron chi connectivity index (χ1n) is 8.05. The molecule has 4 bridgehead atoms. The van der Waals surface area contributed by atoms with Crippen molar-refractivity contribution < 1.29 is 0 Å². The smallest absolute Gasteiger partial charge is 0.00152 e. The van der Waals surface area contributed by atoms with Gasteiger partial charge in [0.15, 0.2) is 0 Å². The highest BCUT2D eigenvalue weighted by atomic mass is 14.9. The first-order chi connectivity index (χ1) is 8.34. The van der Waals surface area contributed by atoms with Crippen molar-refractivity contribution in [1.82, 2.24) is 5.32 Å². The summed E-state index contributed by atoms with van der Waals surface area (Å²) in [5, 5.41) is 3.72. The maximum atomic E-state index is 3.72. The van der Waals surface area contributed by atoms with E-state index >= 15 is 0 Å². The molecule has 0 aromatic carbocycles. The van der Waals surface area contributed by atoms with Crippen LogP contribution in [0, 0.1) is 29.1 Å². The van der Waals surface area contributed by atoms with Crippen LogP contribution in [-0.2, 0) is 0 Å². The molecular formula is C16H27N. The first-order valence-corrected chi connectivity index (χ1v) is 8.05. The summed E-state index contributed by atoms with van der Waals surface area (Å²) in [5.74, 6) is 4.41. The topological polar surface area (TPSA) is 12.0 Å². The van der Waals surface area contributed by atoms with Gasteiger partial charge in [-0.1, -0.05) is 6.42 Å². The van der Waals surface area contributed by atoms with Gasteiger partial charge in [-0.3, -0.25) is 0 Å². The molecule has 0 aromatic heterocycles. The molecule has 0 aromatic rings. The molecule has 1 atom stereocenters. The van der Waals surface area contributed by atoms with Gasteiger partial charge in [-0.15, -0.1) is 0 Å². The predicted molar refractivity (Wildman–Crippen MR) is 70.8 cm³/mol. The molecule has 1 heteroatoms. The van der Waals surface area contributed by atoms with Gasteiger partial charge in [0.1, 0.15) is 0 Å². The van der Waals surface area contributed by atoms with E-state index in [0.717, 1.165) is 29.1 Å². The van der Waals surface area contributed by atoms with Crippen molar-refractivity contribution in [2.75, 3.05) is 13.1 Å². The Morgan fingerprint density at radius 1 is 0.824 bits per heavy atom. The lowest BCUT2D eigenvalue weighted by Gasteiger charge is -2.59. The van der Waals surface area contributed by atoms with Crippen LogP contribution >= 0.6 is 0 Å². The first kappa shape index (κ1) is 10.8. The zero-order chi connectivity index (χ0) is 11.3. The van der Waals surface area contributed by atoms with Crippen LogP contribution in [0.4, 0.5) is 0 Å². The molecule has 5 rings (SSSR count). The predicted octanol–water partition coefficient (Wildman–Crippen LogP) is 3.59. The van der Waals surface area contributed by atoms with Crippen LogP contribution in [0.5, 0.6) is 0 Å². The van der Waals surface area contributed by atoms with Gasteiger partial charge < -0.3 is 5.32 Å².